The van der Waals surface area contributed by atoms with E-state index >= 15 is 0 Å². The molecular weight excluding hydrogens is 538 g/mol. The lowest BCUT2D eigenvalue weighted by Gasteiger charge is -2.41. The fraction of sp³-hybridized carbons (Fsp3) is 0.118. The number of para-hydroxylation sites is 4. The maximum absolute atomic E-state index is 11.5. The average Bonchev–Trinajstić information content (AvgIpc) is 3.37. The second kappa shape index (κ2) is 10.6. The zero-order valence-corrected chi connectivity index (χ0v) is 23.9. The van der Waals surface area contributed by atoms with Crippen molar-refractivity contribution in [3.8, 4) is 11.4 Å². The highest BCUT2D eigenvalue weighted by molar-refractivity contribution is 6.51. The molecule has 5 aromatic rings. The number of hydrogen-bond donors (Lipinski definition) is 2. The Balaban J connectivity index is 1.45. The topological polar surface area (TPSA) is 96.1 Å². The molecule has 0 aliphatic carbocycles. The molecular formula is C34H29N7O2. The van der Waals surface area contributed by atoms with Crippen molar-refractivity contribution < 1.29 is 9.53 Å². The molecule has 9 heteroatoms. The lowest BCUT2D eigenvalue weighted by molar-refractivity contribution is -0.114. The molecule has 43 heavy (non-hydrogen) atoms. The van der Waals surface area contributed by atoms with Crippen LogP contribution in [-0.2, 0) is 4.79 Å². The van der Waals surface area contributed by atoms with Crippen molar-refractivity contribution in [2.24, 2.45) is 9.98 Å². The van der Waals surface area contributed by atoms with Crippen LogP contribution in [-0.4, -0.2) is 34.5 Å². The number of aliphatic imine (C=N–C) groups is 2. The molecule has 3 heterocycles. The number of amides is 1. The number of aromatic nitrogens is 2. The third-order valence-electron chi connectivity index (χ3n) is 7.54. The van der Waals surface area contributed by atoms with Crippen molar-refractivity contribution >= 4 is 46.1 Å². The Labute approximate surface area is 249 Å². The van der Waals surface area contributed by atoms with E-state index in [4.69, 9.17) is 19.8 Å². The molecule has 212 valence electrons. The van der Waals surface area contributed by atoms with Crippen LogP contribution in [0.25, 0.3) is 5.69 Å². The van der Waals surface area contributed by atoms with Gasteiger partial charge in [0.15, 0.2) is 17.5 Å². The van der Waals surface area contributed by atoms with Crippen molar-refractivity contribution in [2.75, 3.05) is 22.6 Å². The van der Waals surface area contributed by atoms with Crippen LogP contribution in [0.2, 0.25) is 0 Å². The number of aryl methyl sites for hydroxylation is 1. The Kier molecular flexibility index (Phi) is 6.47. The van der Waals surface area contributed by atoms with Gasteiger partial charge in [0.05, 0.1) is 35.9 Å². The number of carbonyl (C=O) groups is 1. The smallest absolute Gasteiger partial charge is 0.221 e. The van der Waals surface area contributed by atoms with Crippen molar-refractivity contribution in [2.45, 2.75) is 19.9 Å². The zero-order valence-electron chi connectivity index (χ0n) is 23.9. The number of carbonyl (C=O) groups excluding carboxylic acids is 1. The summed E-state index contributed by atoms with van der Waals surface area (Å²) in [4.78, 5) is 24.1. The van der Waals surface area contributed by atoms with Gasteiger partial charge in [-0.15, -0.1) is 0 Å². The largest absolute Gasteiger partial charge is 0.496 e. The number of methoxy groups -OCH3 is 1. The van der Waals surface area contributed by atoms with E-state index in [1.54, 1.807) is 7.11 Å². The number of ether oxygens (including phenoxy) is 1. The average molecular weight is 568 g/mol. The Morgan fingerprint density at radius 1 is 0.837 bits per heavy atom. The zero-order chi connectivity index (χ0) is 29.5. The molecule has 1 amide bonds. The maximum atomic E-state index is 11.5. The summed E-state index contributed by atoms with van der Waals surface area (Å²) in [6.07, 6.45) is 0. The first-order valence-electron chi connectivity index (χ1n) is 14.0. The highest BCUT2D eigenvalue weighted by atomic mass is 16.5. The Bertz CT molecular complexity index is 1910. The van der Waals surface area contributed by atoms with Crippen molar-refractivity contribution in [3.63, 3.8) is 0 Å². The Hall–Kier alpha value is -5.70. The van der Waals surface area contributed by atoms with Gasteiger partial charge in [-0.2, -0.15) is 5.10 Å². The standard InChI is InChI=1S/C34H29N7O2/c1-21-30-31(26-13-7-10-16-29(26)43-3)40-28-15-9-8-14-27(28)37-32(36-24-19-17-23(18-20-24)35-22(2)42)34(40)38-33(30)41(39-21)25-11-5-4-6-12-25/h4-20,31H,1-3H3,(H,35,42)(H,36,37)/t31-/m1/s1. The van der Waals surface area contributed by atoms with E-state index in [1.807, 2.05) is 103 Å². The molecule has 0 radical (unpaired) electrons. The van der Waals surface area contributed by atoms with E-state index in [0.29, 0.717) is 17.4 Å². The quantitative estimate of drug-likeness (QED) is 0.240. The minimum Gasteiger partial charge on any atom is -0.496 e. The number of benzene rings is 4. The van der Waals surface area contributed by atoms with E-state index < -0.39 is 0 Å². The van der Waals surface area contributed by atoms with Gasteiger partial charge in [0.25, 0.3) is 0 Å². The number of nitrogens with zero attached hydrogens (tertiary/aromatic N) is 5. The first-order chi connectivity index (χ1) is 21.0. The number of rotatable bonds is 5. The monoisotopic (exact) mass is 567 g/mol. The van der Waals surface area contributed by atoms with Crippen LogP contribution in [0.3, 0.4) is 0 Å². The molecule has 0 spiro atoms. The number of fused-ring (bicyclic) bond motifs is 4. The first kappa shape index (κ1) is 26.2. The summed E-state index contributed by atoms with van der Waals surface area (Å²) in [5.74, 6) is 2.64. The molecule has 0 fully saturated rings. The van der Waals surface area contributed by atoms with Gasteiger partial charge in [-0.05, 0) is 61.5 Å². The molecule has 2 aliphatic heterocycles. The van der Waals surface area contributed by atoms with Crippen molar-refractivity contribution in [3.05, 3.63) is 120 Å². The molecule has 2 aliphatic rings. The summed E-state index contributed by atoms with van der Waals surface area (Å²) < 4.78 is 7.80. The second-order valence-electron chi connectivity index (χ2n) is 10.4. The highest BCUT2D eigenvalue weighted by Gasteiger charge is 2.42. The van der Waals surface area contributed by atoms with Gasteiger partial charge in [-0.25, -0.2) is 14.7 Å². The molecule has 9 nitrogen and oxygen atoms in total. The summed E-state index contributed by atoms with van der Waals surface area (Å²) in [5, 5.41) is 11.3. The molecule has 0 saturated carbocycles. The van der Waals surface area contributed by atoms with E-state index in [9.17, 15) is 4.79 Å². The van der Waals surface area contributed by atoms with Crippen LogP contribution in [0.4, 0.5) is 28.6 Å². The van der Waals surface area contributed by atoms with Gasteiger partial charge in [0.1, 0.15) is 5.75 Å². The lowest BCUT2D eigenvalue weighted by atomic mass is 9.92. The van der Waals surface area contributed by atoms with E-state index in [2.05, 4.69) is 27.7 Å². The van der Waals surface area contributed by atoms with Crippen LogP contribution in [0.5, 0.6) is 5.75 Å². The van der Waals surface area contributed by atoms with Crippen LogP contribution < -0.4 is 20.3 Å². The van der Waals surface area contributed by atoms with E-state index in [-0.39, 0.29) is 11.9 Å². The SMILES string of the molecule is COc1ccccc1[C@@H]1c2c(C)nn(-c3ccccc3)c2N=C2C(Nc3ccc(NC(C)=O)cc3)=Nc3ccccc3N21. The molecule has 0 saturated heterocycles. The van der Waals surface area contributed by atoms with Crippen molar-refractivity contribution in [1.29, 1.82) is 0 Å². The van der Waals surface area contributed by atoms with Crippen LogP contribution in [0.1, 0.15) is 29.8 Å². The number of anilines is 3. The third-order valence-corrected chi connectivity index (χ3v) is 7.54. The predicted octanol–water partition coefficient (Wildman–Crippen LogP) is 6.94. The third kappa shape index (κ3) is 4.61. The summed E-state index contributed by atoms with van der Waals surface area (Å²) in [5.41, 5.74) is 7.05. The predicted molar refractivity (Wildman–Crippen MR) is 171 cm³/mol. The molecule has 0 bridgehead atoms. The minimum absolute atomic E-state index is 0.121. The van der Waals surface area contributed by atoms with Gasteiger partial charge >= 0.3 is 0 Å². The lowest BCUT2D eigenvalue weighted by Crippen LogP contribution is -2.46. The molecule has 4 aromatic carbocycles. The summed E-state index contributed by atoms with van der Waals surface area (Å²) in [6, 6.07) is 33.4. The number of amidine groups is 2. The number of hydrogen-bond acceptors (Lipinski definition) is 7. The van der Waals surface area contributed by atoms with Gasteiger partial charge < -0.3 is 20.3 Å². The fourth-order valence-corrected chi connectivity index (χ4v) is 5.71. The summed E-state index contributed by atoms with van der Waals surface area (Å²) in [6.45, 7) is 3.52. The van der Waals surface area contributed by atoms with Crippen LogP contribution in [0.15, 0.2) is 113 Å². The van der Waals surface area contributed by atoms with Crippen LogP contribution >= 0.6 is 0 Å². The molecule has 1 atom stereocenters. The van der Waals surface area contributed by atoms with Gasteiger partial charge in [0.2, 0.25) is 5.91 Å². The van der Waals surface area contributed by atoms with Gasteiger partial charge in [-0.1, -0.05) is 48.5 Å². The molecule has 7 rings (SSSR count). The highest BCUT2D eigenvalue weighted by Crippen LogP contribution is 2.49. The molecule has 1 aromatic heterocycles. The van der Waals surface area contributed by atoms with Gasteiger partial charge in [0, 0.05) is 29.4 Å². The Morgan fingerprint density at radius 2 is 1.53 bits per heavy atom. The molecule has 2 N–H and O–H groups in total. The summed E-state index contributed by atoms with van der Waals surface area (Å²) in [7, 11) is 1.70. The van der Waals surface area contributed by atoms with E-state index in [0.717, 1.165) is 51.1 Å². The van der Waals surface area contributed by atoms with E-state index in [1.165, 1.54) is 6.92 Å². The fourth-order valence-electron chi connectivity index (χ4n) is 5.71. The van der Waals surface area contributed by atoms with Crippen LogP contribution in [0, 0.1) is 6.92 Å². The number of nitrogens with one attached hydrogen (secondary N) is 2. The second-order valence-corrected chi connectivity index (χ2v) is 10.4. The Morgan fingerprint density at radius 3 is 2.30 bits per heavy atom. The van der Waals surface area contributed by atoms with Gasteiger partial charge in [-0.3, -0.25) is 4.79 Å². The summed E-state index contributed by atoms with van der Waals surface area (Å²) >= 11 is 0. The normalized spacial score (nSPS) is 15.0. The maximum Gasteiger partial charge on any atom is 0.221 e. The minimum atomic E-state index is -0.299. The first-order valence-corrected chi connectivity index (χ1v) is 14.0. The van der Waals surface area contributed by atoms with Crippen molar-refractivity contribution in [1.82, 2.24) is 9.78 Å². The molecule has 0 unspecified atom stereocenters.